The van der Waals surface area contributed by atoms with Crippen LogP contribution in [0.3, 0.4) is 0 Å². The molecule has 9 aromatic rings. The topological polar surface area (TPSA) is 33.5 Å². The van der Waals surface area contributed by atoms with Crippen LogP contribution in [0.4, 0.5) is 27.1 Å². The van der Waals surface area contributed by atoms with Crippen LogP contribution >= 0.6 is 0 Å². The van der Waals surface area contributed by atoms with Crippen LogP contribution in [-0.4, -0.2) is 9.55 Å². The van der Waals surface area contributed by atoms with Crippen LogP contribution in [0.2, 0.25) is 0 Å². The van der Waals surface area contributed by atoms with Crippen molar-refractivity contribution in [1.29, 1.82) is 0 Å². The number of halogens is 1. The molecule has 0 aliphatic carbocycles. The number of rotatable bonds is 9. The van der Waals surface area contributed by atoms with Crippen LogP contribution < -0.4 is 14.5 Å². The van der Waals surface area contributed by atoms with E-state index < -0.39 is 0 Å². The number of aryl methyl sites for hydroxylation is 1. The van der Waals surface area contributed by atoms with Gasteiger partial charge in [-0.2, -0.15) is 6.07 Å². The number of pyridine rings is 1. The van der Waals surface area contributed by atoms with Crippen molar-refractivity contribution in [3.05, 3.63) is 197 Å². The summed E-state index contributed by atoms with van der Waals surface area (Å²) in [6.07, 6.45) is 1.86. The van der Waals surface area contributed by atoms with Gasteiger partial charge in [0.05, 0.1) is 0 Å². The van der Waals surface area contributed by atoms with Gasteiger partial charge in [0, 0.05) is 61.3 Å². The van der Waals surface area contributed by atoms with Crippen LogP contribution in [0.15, 0.2) is 128 Å². The minimum atomic E-state index is -0.240. The van der Waals surface area contributed by atoms with E-state index in [1.165, 1.54) is 50.6 Å². The van der Waals surface area contributed by atoms with E-state index in [0.717, 1.165) is 72.6 Å². The molecule has 2 aromatic heterocycles. The number of nitrogens with zero attached hydrogens (tertiary/aromatic N) is 4. The zero-order valence-electron chi connectivity index (χ0n) is 39.7. The van der Waals surface area contributed by atoms with Crippen molar-refractivity contribution in [2.45, 2.75) is 81.1 Å². The summed E-state index contributed by atoms with van der Waals surface area (Å²) in [5.41, 5.74) is 20.1. The Bertz CT molecular complexity index is 3330. The Morgan fingerprint density at radius 1 is 0.582 bits per heavy atom. The summed E-state index contributed by atoms with van der Waals surface area (Å²) < 4.78 is 23.7. The number of benzene rings is 7. The molecule has 0 spiro atoms. The van der Waals surface area contributed by atoms with E-state index in [2.05, 4.69) is 187 Å². The Morgan fingerprint density at radius 3 is 1.91 bits per heavy atom. The first-order valence-electron chi connectivity index (χ1n) is 22.9. The van der Waals surface area contributed by atoms with Gasteiger partial charge in [0.1, 0.15) is 11.6 Å². The normalized spacial score (nSPS) is 12.4. The van der Waals surface area contributed by atoms with E-state index in [4.69, 9.17) is 9.72 Å². The number of para-hydroxylation sites is 3. The van der Waals surface area contributed by atoms with Gasteiger partial charge in [0.15, 0.2) is 0 Å². The van der Waals surface area contributed by atoms with Gasteiger partial charge in [-0.25, -0.2) is 9.37 Å². The zero-order valence-corrected chi connectivity index (χ0v) is 42.0. The molecule has 340 valence electrons. The molecular weight excluding hydrogens is 1010 g/mol. The predicted octanol–water partition coefficient (Wildman–Crippen LogP) is 16.5. The molecule has 0 atom stereocenters. The van der Waals surface area contributed by atoms with E-state index in [1.54, 1.807) is 12.1 Å². The summed E-state index contributed by atoms with van der Waals surface area (Å²) in [4.78, 5) is 9.38. The van der Waals surface area contributed by atoms with Crippen molar-refractivity contribution in [2.24, 2.45) is 0 Å². The summed E-state index contributed by atoms with van der Waals surface area (Å²) in [5, 5.41) is 2.20. The zero-order chi connectivity index (χ0) is 46.1. The molecule has 0 amide bonds. The third-order valence-corrected chi connectivity index (χ3v) is 13.7. The van der Waals surface area contributed by atoms with E-state index in [-0.39, 0.29) is 38.7 Å². The fourth-order valence-electron chi connectivity index (χ4n) is 9.88. The largest absolute Gasteiger partial charge is 0.509 e. The molecule has 0 unspecified atom stereocenters. The fourth-order valence-corrected chi connectivity index (χ4v) is 9.88. The molecule has 0 N–H and O–H groups in total. The molecule has 7 heteroatoms. The SMILES string of the molecule is Cc1ccnc(-n2c3[c-]c(Oc4[c-]c(N5[CH-]N(c6c(C(C)C)cc(-c7cccc(F)c7)cc6C(C)C)c6ccccc65)cc(-c5c(C)c(C)c(C)c(C)c5C)c4)ccc3c3ccccc32)c1.[Pt]. The van der Waals surface area contributed by atoms with Gasteiger partial charge in [-0.15, -0.1) is 53.6 Å². The van der Waals surface area contributed by atoms with E-state index in [9.17, 15) is 4.39 Å². The molecule has 0 fully saturated rings. The van der Waals surface area contributed by atoms with Crippen LogP contribution in [0, 0.1) is 66.2 Å². The molecule has 10 rings (SSSR count). The molecule has 5 nitrogen and oxygen atoms in total. The second-order valence-electron chi connectivity index (χ2n) is 18.5. The number of fused-ring (bicyclic) bond motifs is 4. The first-order chi connectivity index (χ1) is 31.8. The van der Waals surface area contributed by atoms with Crippen molar-refractivity contribution in [1.82, 2.24) is 9.55 Å². The Labute approximate surface area is 409 Å². The number of hydrogen-bond donors (Lipinski definition) is 0. The molecular formula is C60H54FN4OPt-3. The average molecular weight is 1060 g/mol. The molecule has 0 saturated carbocycles. The van der Waals surface area contributed by atoms with Gasteiger partial charge < -0.3 is 19.1 Å². The monoisotopic (exact) mass is 1060 g/mol. The summed E-state index contributed by atoms with van der Waals surface area (Å²) in [7, 11) is 0. The minimum absolute atomic E-state index is 0. The van der Waals surface area contributed by atoms with E-state index >= 15 is 0 Å². The maximum atomic E-state index is 14.6. The van der Waals surface area contributed by atoms with Gasteiger partial charge in [-0.05, 0) is 175 Å². The Kier molecular flexibility index (Phi) is 12.2. The Morgan fingerprint density at radius 2 is 1.24 bits per heavy atom. The van der Waals surface area contributed by atoms with Crippen molar-refractivity contribution in [3.63, 3.8) is 0 Å². The van der Waals surface area contributed by atoms with Crippen LogP contribution in [0.5, 0.6) is 11.5 Å². The first-order valence-corrected chi connectivity index (χ1v) is 22.9. The predicted molar refractivity (Wildman–Crippen MR) is 272 cm³/mol. The third kappa shape index (κ3) is 8.03. The minimum Gasteiger partial charge on any atom is -0.509 e. The molecule has 67 heavy (non-hydrogen) atoms. The van der Waals surface area contributed by atoms with Gasteiger partial charge >= 0.3 is 0 Å². The molecule has 3 heterocycles. The third-order valence-electron chi connectivity index (χ3n) is 13.7. The van der Waals surface area contributed by atoms with Crippen LogP contribution in [0.1, 0.15) is 84.0 Å². The summed E-state index contributed by atoms with van der Waals surface area (Å²) in [6.45, 7) is 24.4. The standard InChI is InChI=1S/C60H54FN4O.Pt/c1-35(2)52-30-44(43-16-15-17-46(61)27-43)31-53(36(3)4)60(52)64-34-63(55-20-13-14-21-56(55)64)47-28-45(59-41(9)39(7)38(6)40(8)42(59)10)29-49(32-47)66-48-22-23-51-50-18-11-12-19-54(50)65(57(51)33-48)58-26-37(5)24-25-62-58;/h11-31,34-36H,1-10H3;/q-3;. The number of anilines is 4. The van der Waals surface area contributed by atoms with Gasteiger partial charge in [0.25, 0.3) is 0 Å². The molecule has 0 radical (unpaired) electrons. The average Bonchev–Trinajstić information content (AvgIpc) is 3.86. The van der Waals surface area contributed by atoms with Gasteiger partial charge in [-0.3, -0.25) is 0 Å². The molecule has 1 aliphatic heterocycles. The second kappa shape index (κ2) is 18.0. The number of hydrogen-bond acceptors (Lipinski definition) is 4. The Hall–Kier alpha value is -6.49. The summed E-state index contributed by atoms with van der Waals surface area (Å²) >= 11 is 0. The van der Waals surface area contributed by atoms with Crippen molar-refractivity contribution in [3.8, 4) is 39.6 Å². The molecule has 1 aliphatic rings. The number of aromatic nitrogens is 2. The molecule has 0 saturated heterocycles. The van der Waals surface area contributed by atoms with E-state index in [1.807, 2.05) is 24.4 Å². The van der Waals surface area contributed by atoms with Crippen molar-refractivity contribution >= 4 is 44.6 Å². The maximum Gasteiger partial charge on any atom is 0.135 e. The smallest absolute Gasteiger partial charge is 0.135 e. The van der Waals surface area contributed by atoms with Crippen molar-refractivity contribution in [2.75, 3.05) is 9.80 Å². The molecule has 0 bridgehead atoms. The van der Waals surface area contributed by atoms with Crippen molar-refractivity contribution < 1.29 is 30.2 Å². The summed E-state index contributed by atoms with van der Waals surface area (Å²) in [6, 6.07) is 48.4. The van der Waals surface area contributed by atoms with E-state index in [0.29, 0.717) is 11.5 Å². The quantitative estimate of drug-likeness (QED) is 0.135. The van der Waals surface area contributed by atoms with Gasteiger partial charge in [-0.1, -0.05) is 75.7 Å². The van der Waals surface area contributed by atoms with Crippen LogP contribution in [-0.2, 0) is 21.1 Å². The second-order valence-corrected chi connectivity index (χ2v) is 18.5. The summed E-state index contributed by atoms with van der Waals surface area (Å²) in [5.74, 6) is 2.12. The van der Waals surface area contributed by atoms with Crippen LogP contribution in [0.25, 0.3) is 49.9 Å². The first kappa shape index (κ1) is 45.7. The maximum absolute atomic E-state index is 14.6. The number of ether oxygens (including phenoxy) is 1. The Balaban J connectivity index is 0.00000562. The fraction of sp³-hybridized carbons (Fsp3) is 0.200. The van der Waals surface area contributed by atoms with Gasteiger partial charge in [0.2, 0.25) is 0 Å². The molecule has 7 aromatic carbocycles.